The Bertz CT molecular complexity index is 314. The summed E-state index contributed by atoms with van der Waals surface area (Å²) < 4.78 is 1.62. The zero-order valence-corrected chi connectivity index (χ0v) is 9.75. The molecule has 1 N–H and O–H groups in total. The van der Waals surface area contributed by atoms with Crippen molar-refractivity contribution in [3.05, 3.63) is 0 Å². The minimum Gasteiger partial charge on any atom is -0.356 e. The number of nitrogens with zero attached hydrogens (tertiary/aromatic N) is 4. The first-order valence-corrected chi connectivity index (χ1v) is 5.84. The van der Waals surface area contributed by atoms with Crippen molar-refractivity contribution >= 4 is 17.7 Å². The monoisotopic (exact) mass is 229 g/mol. The molecule has 6 nitrogen and oxygen atoms in total. The van der Waals surface area contributed by atoms with Gasteiger partial charge in [-0.2, -0.15) is 0 Å². The van der Waals surface area contributed by atoms with Crippen molar-refractivity contribution in [2.45, 2.75) is 24.9 Å². The Balaban J connectivity index is 2.12. The topological polar surface area (TPSA) is 72.7 Å². The molecule has 0 aromatic carbocycles. The van der Waals surface area contributed by atoms with Gasteiger partial charge in [-0.15, -0.1) is 5.10 Å². The van der Waals surface area contributed by atoms with E-state index < -0.39 is 0 Å². The van der Waals surface area contributed by atoms with Crippen molar-refractivity contribution in [2.75, 3.05) is 12.3 Å². The summed E-state index contributed by atoms with van der Waals surface area (Å²) in [6, 6.07) is 0. The van der Waals surface area contributed by atoms with Crippen LogP contribution in [0.4, 0.5) is 0 Å². The Kier molecular flexibility index (Phi) is 5.09. The number of amides is 1. The Hall–Kier alpha value is -1.11. The second-order valence-corrected chi connectivity index (χ2v) is 4.05. The van der Waals surface area contributed by atoms with Crippen LogP contribution < -0.4 is 5.32 Å². The van der Waals surface area contributed by atoms with Gasteiger partial charge in [0.1, 0.15) is 0 Å². The smallest absolute Gasteiger partial charge is 0.220 e. The van der Waals surface area contributed by atoms with E-state index in [-0.39, 0.29) is 5.91 Å². The number of tetrazole rings is 1. The van der Waals surface area contributed by atoms with Gasteiger partial charge in [-0.25, -0.2) is 4.68 Å². The van der Waals surface area contributed by atoms with Crippen LogP contribution in [0.15, 0.2) is 5.16 Å². The third-order valence-corrected chi connectivity index (χ3v) is 2.83. The summed E-state index contributed by atoms with van der Waals surface area (Å²) in [6.07, 6.45) is 1.40. The molecule has 0 atom stereocenters. The molecule has 0 saturated carbocycles. The number of rotatable bonds is 6. The van der Waals surface area contributed by atoms with Crippen molar-refractivity contribution in [3.63, 3.8) is 0 Å². The summed E-state index contributed by atoms with van der Waals surface area (Å²) in [6.45, 7) is 2.61. The molecule has 1 amide bonds. The van der Waals surface area contributed by atoms with Gasteiger partial charge in [0.2, 0.25) is 11.1 Å². The molecule has 0 fully saturated rings. The first-order valence-electron chi connectivity index (χ1n) is 4.86. The van der Waals surface area contributed by atoms with Crippen LogP contribution in [0.5, 0.6) is 0 Å². The van der Waals surface area contributed by atoms with Gasteiger partial charge in [0.25, 0.3) is 0 Å². The lowest BCUT2D eigenvalue weighted by Gasteiger charge is -2.01. The minimum atomic E-state index is 0.106. The van der Waals surface area contributed by atoms with Crippen LogP contribution in [0, 0.1) is 0 Å². The average Bonchev–Trinajstić information content (AvgIpc) is 2.60. The molecule has 0 aliphatic carbocycles. The lowest BCUT2D eigenvalue weighted by Crippen LogP contribution is -2.22. The van der Waals surface area contributed by atoms with Gasteiger partial charge in [0, 0.05) is 25.8 Å². The lowest BCUT2D eigenvalue weighted by atomic mass is 10.3. The number of carbonyl (C=O) groups is 1. The van der Waals surface area contributed by atoms with Gasteiger partial charge < -0.3 is 5.32 Å². The second kappa shape index (κ2) is 6.39. The summed E-state index contributed by atoms with van der Waals surface area (Å²) >= 11 is 1.56. The first kappa shape index (κ1) is 12.0. The van der Waals surface area contributed by atoms with Crippen molar-refractivity contribution in [2.24, 2.45) is 7.05 Å². The van der Waals surface area contributed by atoms with E-state index in [9.17, 15) is 4.79 Å². The molecular formula is C8H15N5OS. The fraction of sp³-hybridized carbons (Fsp3) is 0.750. The summed E-state index contributed by atoms with van der Waals surface area (Å²) in [4.78, 5) is 11.1. The zero-order valence-electron chi connectivity index (χ0n) is 8.93. The minimum absolute atomic E-state index is 0.106. The number of carbonyl (C=O) groups excluding carboxylic acids is 1. The molecule has 0 saturated heterocycles. The van der Waals surface area contributed by atoms with Crippen LogP contribution in [0.25, 0.3) is 0 Å². The summed E-state index contributed by atoms with van der Waals surface area (Å²) in [5, 5.41) is 14.6. The predicted molar refractivity (Wildman–Crippen MR) is 57.4 cm³/mol. The van der Waals surface area contributed by atoms with Gasteiger partial charge in [-0.1, -0.05) is 11.8 Å². The Morgan fingerprint density at radius 2 is 2.40 bits per heavy atom. The van der Waals surface area contributed by atoms with E-state index >= 15 is 0 Å². The van der Waals surface area contributed by atoms with Gasteiger partial charge in [0.15, 0.2) is 0 Å². The molecule has 0 unspecified atom stereocenters. The highest BCUT2D eigenvalue weighted by molar-refractivity contribution is 7.99. The number of aromatic nitrogens is 4. The maximum Gasteiger partial charge on any atom is 0.220 e. The molecule has 7 heteroatoms. The third-order valence-electron chi connectivity index (χ3n) is 1.73. The number of aryl methyl sites for hydroxylation is 1. The van der Waals surface area contributed by atoms with E-state index in [1.54, 1.807) is 23.5 Å². The molecule has 1 rings (SSSR count). The molecule has 0 radical (unpaired) electrons. The number of hydrogen-bond acceptors (Lipinski definition) is 5. The molecular weight excluding hydrogens is 214 g/mol. The molecule has 1 heterocycles. The molecule has 0 aliphatic heterocycles. The molecule has 84 valence electrons. The van der Waals surface area contributed by atoms with Gasteiger partial charge in [0.05, 0.1) is 0 Å². The van der Waals surface area contributed by atoms with E-state index in [1.165, 1.54) is 0 Å². The maximum absolute atomic E-state index is 11.1. The largest absolute Gasteiger partial charge is 0.356 e. The van der Waals surface area contributed by atoms with E-state index in [0.717, 1.165) is 17.3 Å². The summed E-state index contributed by atoms with van der Waals surface area (Å²) in [7, 11) is 1.80. The maximum atomic E-state index is 11.1. The predicted octanol–water partition coefficient (Wildman–Crippen LogP) is 0.218. The Morgan fingerprint density at radius 3 is 3.00 bits per heavy atom. The standard InChI is InChI=1S/C8H15N5OS/c1-3-9-7(14)5-4-6-15-8-10-11-12-13(8)2/h3-6H2,1-2H3,(H,9,14). The summed E-state index contributed by atoms with van der Waals surface area (Å²) in [5.41, 5.74) is 0. The van der Waals surface area contributed by atoms with Crippen LogP contribution >= 0.6 is 11.8 Å². The number of thioether (sulfide) groups is 1. The highest BCUT2D eigenvalue weighted by Crippen LogP contribution is 2.13. The normalized spacial score (nSPS) is 10.3. The van der Waals surface area contributed by atoms with Gasteiger partial charge in [-0.3, -0.25) is 4.79 Å². The SMILES string of the molecule is CCNC(=O)CCCSc1nnnn1C. The van der Waals surface area contributed by atoms with Gasteiger partial charge >= 0.3 is 0 Å². The third kappa shape index (κ3) is 4.28. The van der Waals surface area contributed by atoms with Crippen LogP contribution in [0.3, 0.4) is 0 Å². The fourth-order valence-electron chi connectivity index (χ4n) is 1.03. The highest BCUT2D eigenvalue weighted by Gasteiger charge is 2.03. The zero-order chi connectivity index (χ0) is 11.1. The molecule has 1 aromatic heterocycles. The molecule has 15 heavy (non-hydrogen) atoms. The van der Waals surface area contributed by atoms with Crippen LogP contribution in [-0.4, -0.2) is 38.4 Å². The van der Waals surface area contributed by atoms with Crippen LogP contribution in [-0.2, 0) is 11.8 Å². The Morgan fingerprint density at radius 1 is 1.60 bits per heavy atom. The lowest BCUT2D eigenvalue weighted by molar-refractivity contribution is -0.120. The van der Waals surface area contributed by atoms with E-state index in [0.29, 0.717) is 13.0 Å². The van der Waals surface area contributed by atoms with Crippen LogP contribution in [0.1, 0.15) is 19.8 Å². The quantitative estimate of drug-likeness (QED) is 0.558. The first-order chi connectivity index (χ1) is 7.24. The average molecular weight is 229 g/mol. The Labute approximate surface area is 92.8 Å². The van der Waals surface area contributed by atoms with Crippen molar-refractivity contribution in [1.29, 1.82) is 0 Å². The van der Waals surface area contributed by atoms with Crippen molar-refractivity contribution in [1.82, 2.24) is 25.5 Å². The molecule has 0 spiro atoms. The summed E-state index contributed by atoms with van der Waals surface area (Å²) in [5.74, 6) is 0.958. The van der Waals surface area contributed by atoms with Crippen LogP contribution in [0.2, 0.25) is 0 Å². The highest BCUT2D eigenvalue weighted by atomic mass is 32.2. The van der Waals surface area contributed by atoms with Crippen molar-refractivity contribution < 1.29 is 4.79 Å². The van der Waals surface area contributed by atoms with E-state index in [4.69, 9.17) is 0 Å². The molecule has 0 bridgehead atoms. The van der Waals surface area contributed by atoms with Crippen molar-refractivity contribution in [3.8, 4) is 0 Å². The van der Waals surface area contributed by atoms with Gasteiger partial charge in [-0.05, 0) is 23.8 Å². The fourth-order valence-corrected chi connectivity index (χ4v) is 1.81. The number of hydrogen-bond donors (Lipinski definition) is 1. The second-order valence-electron chi connectivity index (χ2n) is 2.99. The number of nitrogens with one attached hydrogen (secondary N) is 1. The van der Waals surface area contributed by atoms with E-state index in [1.807, 2.05) is 6.92 Å². The molecule has 1 aromatic rings. The molecule has 0 aliphatic rings. The van der Waals surface area contributed by atoms with E-state index in [2.05, 4.69) is 20.8 Å².